The van der Waals surface area contributed by atoms with Crippen LogP contribution in [0.2, 0.25) is 0 Å². The first-order valence-corrected chi connectivity index (χ1v) is 5.85. The van der Waals surface area contributed by atoms with Crippen molar-refractivity contribution in [2.45, 2.75) is 33.2 Å². The highest BCUT2D eigenvalue weighted by molar-refractivity contribution is 5.96. The van der Waals surface area contributed by atoms with Crippen LogP contribution >= 0.6 is 0 Å². The van der Waals surface area contributed by atoms with E-state index in [-0.39, 0.29) is 11.6 Å². The number of carboxylic acid groups (broad SMARTS) is 1. The van der Waals surface area contributed by atoms with Crippen LogP contribution in [0, 0.1) is 5.41 Å². The van der Waals surface area contributed by atoms with Gasteiger partial charge in [-0.25, -0.2) is 9.78 Å². The highest BCUT2D eigenvalue weighted by Crippen LogP contribution is 2.29. The van der Waals surface area contributed by atoms with Crippen LogP contribution in [0.15, 0.2) is 18.3 Å². The number of rotatable bonds is 4. The molecule has 0 unspecified atom stereocenters. The second-order valence-corrected chi connectivity index (χ2v) is 5.54. The number of nitrogens with two attached hydrogens (primary N) is 1. The molecule has 0 bridgehead atoms. The SMILES string of the molecule is CC(C)(N)C(C)(C)C(=O)Nc1ccc(C(=O)O)nc1. The van der Waals surface area contributed by atoms with E-state index in [0.717, 1.165) is 0 Å². The Balaban J connectivity index is 2.86. The Kier molecular flexibility index (Phi) is 3.95. The summed E-state index contributed by atoms with van der Waals surface area (Å²) in [4.78, 5) is 26.6. The molecule has 0 spiro atoms. The smallest absolute Gasteiger partial charge is 0.354 e. The highest BCUT2D eigenvalue weighted by Gasteiger charge is 2.40. The Morgan fingerprint density at radius 1 is 1.26 bits per heavy atom. The van der Waals surface area contributed by atoms with E-state index in [1.54, 1.807) is 27.7 Å². The lowest BCUT2D eigenvalue weighted by atomic mass is 9.74. The molecule has 6 heteroatoms. The molecule has 0 aliphatic heterocycles. The lowest BCUT2D eigenvalue weighted by molar-refractivity contribution is -0.126. The molecule has 0 aromatic carbocycles. The van der Waals surface area contributed by atoms with Crippen LogP contribution in [0.5, 0.6) is 0 Å². The molecule has 0 aliphatic rings. The van der Waals surface area contributed by atoms with Crippen molar-refractivity contribution < 1.29 is 14.7 Å². The maximum Gasteiger partial charge on any atom is 0.354 e. The van der Waals surface area contributed by atoms with E-state index < -0.39 is 16.9 Å². The lowest BCUT2D eigenvalue weighted by Gasteiger charge is -2.36. The van der Waals surface area contributed by atoms with Crippen LogP contribution in [0.1, 0.15) is 38.2 Å². The molecular weight excluding hydrogens is 246 g/mol. The van der Waals surface area contributed by atoms with E-state index >= 15 is 0 Å². The van der Waals surface area contributed by atoms with Crippen molar-refractivity contribution >= 4 is 17.6 Å². The first-order valence-electron chi connectivity index (χ1n) is 5.85. The Morgan fingerprint density at radius 2 is 1.84 bits per heavy atom. The fraction of sp³-hybridized carbons (Fsp3) is 0.462. The summed E-state index contributed by atoms with van der Waals surface area (Å²) in [5, 5.41) is 11.4. The minimum Gasteiger partial charge on any atom is -0.477 e. The molecule has 0 fully saturated rings. The Bertz CT molecular complexity index is 487. The normalized spacial score (nSPS) is 12.1. The molecule has 104 valence electrons. The summed E-state index contributed by atoms with van der Waals surface area (Å²) >= 11 is 0. The zero-order valence-electron chi connectivity index (χ0n) is 11.5. The molecule has 0 saturated heterocycles. The number of aromatic nitrogens is 1. The zero-order chi connectivity index (χ0) is 14.8. The number of anilines is 1. The van der Waals surface area contributed by atoms with E-state index in [9.17, 15) is 9.59 Å². The molecule has 19 heavy (non-hydrogen) atoms. The lowest BCUT2D eigenvalue weighted by Crippen LogP contribution is -2.53. The number of nitrogens with one attached hydrogen (secondary N) is 1. The van der Waals surface area contributed by atoms with Crippen molar-refractivity contribution in [1.82, 2.24) is 4.98 Å². The van der Waals surface area contributed by atoms with Crippen LogP contribution < -0.4 is 11.1 Å². The average molecular weight is 265 g/mol. The number of hydrogen-bond donors (Lipinski definition) is 3. The number of aromatic carboxylic acids is 1. The molecule has 0 saturated carbocycles. The molecule has 1 aromatic rings. The monoisotopic (exact) mass is 265 g/mol. The van der Waals surface area contributed by atoms with Gasteiger partial charge >= 0.3 is 5.97 Å². The largest absolute Gasteiger partial charge is 0.477 e. The van der Waals surface area contributed by atoms with Crippen molar-refractivity contribution in [3.63, 3.8) is 0 Å². The molecule has 1 rings (SSSR count). The van der Waals surface area contributed by atoms with Crippen molar-refractivity contribution in [1.29, 1.82) is 0 Å². The quantitative estimate of drug-likeness (QED) is 0.764. The number of carbonyl (C=O) groups is 2. The van der Waals surface area contributed by atoms with Gasteiger partial charge in [0.15, 0.2) is 0 Å². The molecule has 6 nitrogen and oxygen atoms in total. The van der Waals surface area contributed by atoms with E-state index in [0.29, 0.717) is 5.69 Å². The predicted octanol–water partition coefficient (Wildman–Crippen LogP) is 1.48. The van der Waals surface area contributed by atoms with Gasteiger partial charge in [-0.1, -0.05) is 0 Å². The molecule has 4 N–H and O–H groups in total. The Morgan fingerprint density at radius 3 is 2.21 bits per heavy atom. The average Bonchev–Trinajstić information content (AvgIpc) is 2.28. The molecule has 0 atom stereocenters. The molecule has 1 heterocycles. The van der Waals surface area contributed by atoms with Crippen LogP contribution in [0.4, 0.5) is 5.69 Å². The number of hydrogen-bond acceptors (Lipinski definition) is 4. The van der Waals surface area contributed by atoms with E-state index in [2.05, 4.69) is 10.3 Å². The minimum absolute atomic E-state index is 0.0728. The van der Waals surface area contributed by atoms with Gasteiger partial charge in [-0.15, -0.1) is 0 Å². The van der Waals surface area contributed by atoms with Gasteiger partial charge in [0.05, 0.1) is 17.3 Å². The van der Waals surface area contributed by atoms with Gasteiger partial charge in [0.2, 0.25) is 5.91 Å². The number of nitrogens with zero attached hydrogens (tertiary/aromatic N) is 1. The highest BCUT2D eigenvalue weighted by atomic mass is 16.4. The molecule has 0 aliphatic carbocycles. The first kappa shape index (κ1) is 15.1. The van der Waals surface area contributed by atoms with E-state index in [4.69, 9.17) is 10.8 Å². The van der Waals surface area contributed by atoms with Crippen LogP contribution in [0.3, 0.4) is 0 Å². The third-order valence-electron chi connectivity index (χ3n) is 3.42. The summed E-state index contributed by atoms with van der Waals surface area (Å²) in [5.41, 5.74) is 4.87. The van der Waals surface area contributed by atoms with Crippen LogP contribution in [-0.2, 0) is 4.79 Å². The topological polar surface area (TPSA) is 105 Å². The van der Waals surface area contributed by atoms with Gasteiger partial charge in [0, 0.05) is 5.54 Å². The summed E-state index contributed by atoms with van der Waals surface area (Å²) in [6.45, 7) is 7.06. The molecule has 0 radical (unpaired) electrons. The zero-order valence-corrected chi connectivity index (χ0v) is 11.5. The van der Waals surface area contributed by atoms with Crippen molar-refractivity contribution in [3.8, 4) is 0 Å². The van der Waals surface area contributed by atoms with Crippen molar-refractivity contribution in [2.24, 2.45) is 11.1 Å². The van der Waals surface area contributed by atoms with Crippen LogP contribution in [0.25, 0.3) is 0 Å². The predicted molar refractivity (Wildman–Crippen MR) is 71.9 cm³/mol. The van der Waals surface area contributed by atoms with Gasteiger partial charge in [-0.2, -0.15) is 0 Å². The van der Waals surface area contributed by atoms with Crippen LogP contribution in [-0.4, -0.2) is 27.5 Å². The summed E-state index contributed by atoms with van der Waals surface area (Å²) in [7, 11) is 0. The van der Waals surface area contributed by atoms with E-state index in [1.807, 2.05) is 0 Å². The van der Waals surface area contributed by atoms with Gasteiger partial charge in [0.1, 0.15) is 5.69 Å². The van der Waals surface area contributed by atoms with Gasteiger partial charge < -0.3 is 16.2 Å². The number of amides is 1. The Hall–Kier alpha value is -1.95. The number of carboxylic acids is 1. The summed E-state index contributed by atoms with van der Waals surface area (Å²) in [6, 6.07) is 2.83. The number of carbonyl (C=O) groups excluding carboxylic acids is 1. The summed E-state index contributed by atoms with van der Waals surface area (Å²) in [5.74, 6) is -1.36. The second-order valence-electron chi connectivity index (χ2n) is 5.54. The maximum absolute atomic E-state index is 12.2. The van der Waals surface area contributed by atoms with Crippen molar-refractivity contribution in [2.75, 3.05) is 5.32 Å². The van der Waals surface area contributed by atoms with Gasteiger partial charge in [-0.3, -0.25) is 4.79 Å². The molecule has 1 aromatic heterocycles. The fourth-order valence-electron chi connectivity index (χ4n) is 1.17. The third-order valence-corrected chi connectivity index (χ3v) is 3.42. The standard InChI is InChI=1S/C13H19N3O3/c1-12(2,13(3,4)14)11(19)16-8-5-6-9(10(17)18)15-7-8/h5-7H,14H2,1-4H3,(H,16,19)(H,17,18). The van der Waals surface area contributed by atoms with Crippen molar-refractivity contribution in [3.05, 3.63) is 24.0 Å². The Labute approximate surface area is 112 Å². The minimum atomic E-state index is -1.11. The third kappa shape index (κ3) is 3.29. The summed E-state index contributed by atoms with van der Waals surface area (Å²) < 4.78 is 0. The summed E-state index contributed by atoms with van der Waals surface area (Å²) in [6.07, 6.45) is 1.31. The maximum atomic E-state index is 12.2. The fourth-order valence-corrected chi connectivity index (χ4v) is 1.17. The van der Waals surface area contributed by atoms with E-state index in [1.165, 1.54) is 18.3 Å². The molecular formula is C13H19N3O3. The van der Waals surface area contributed by atoms with Gasteiger partial charge in [-0.05, 0) is 39.8 Å². The number of pyridine rings is 1. The van der Waals surface area contributed by atoms with Gasteiger partial charge in [0.25, 0.3) is 0 Å². The second kappa shape index (κ2) is 4.97. The first-order chi connectivity index (χ1) is 8.55. The molecule has 1 amide bonds.